The third-order valence-corrected chi connectivity index (χ3v) is 3.77. The van der Waals surface area contributed by atoms with Crippen LogP contribution in [0.25, 0.3) is 0 Å². The molecule has 1 aromatic carbocycles. The van der Waals surface area contributed by atoms with Crippen LogP contribution in [0.3, 0.4) is 0 Å². The molecule has 0 aliphatic heterocycles. The molecule has 1 rings (SSSR count). The van der Waals surface area contributed by atoms with Crippen molar-refractivity contribution in [3.05, 3.63) is 59.2 Å². The van der Waals surface area contributed by atoms with Crippen LogP contribution in [0, 0.1) is 6.92 Å². The van der Waals surface area contributed by atoms with Crippen molar-refractivity contribution in [3.8, 4) is 0 Å². The summed E-state index contributed by atoms with van der Waals surface area (Å²) in [4.78, 5) is 11.7. The van der Waals surface area contributed by atoms with Crippen LogP contribution in [0.2, 0.25) is 0 Å². The molecule has 0 N–H and O–H groups in total. The number of nitrogens with zero attached hydrogens (tertiary/aromatic N) is 1. The van der Waals surface area contributed by atoms with Gasteiger partial charge in [-0.2, -0.15) is 0 Å². The second-order valence-electron chi connectivity index (χ2n) is 4.07. The molecule has 19 heavy (non-hydrogen) atoms. The van der Waals surface area contributed by atoms with Gasteiger partial charge in [-0.25, -0.2) is 0 Å². The van der Waals surface area contributed by atoms with Crippen LogP contribution in [0.1, 0.15) is 16.7 Å². The summed E-state index contributed by atoms with van der Waals surface area (Å²) in [5.74, 6) is -0.382. The summed E-state index contributed by atoms with van der Waals surface area (Å²) in [6.45, 7) is 9.57. The molecule has 0 fully saturated rings. The zero-order valence-electron chi connectivity index (χ0n) is 10.7. The molecule has 1 amide bonds. The fourth-order valence-electron chi connectivity index (χ4n) is 1.63. The molecule has 0 unspecified atom stereocenters. The molecule has 5 heteroatoms. The highest BCUT2D eigenvalue weighted by atomic mass is 35.7. The van der Waals surface area contributed by atoms with Gasteiger partial charge in [0.05, 0.1) is 22.7 Å². The lowest BCUT2D eigenvalue weighted by molar-refractivity contribution is -0.121. The van der Waals surface area contributed by atoms with Gasteiger partial charge in [-0.05, 0) is 40.7 Å². The van der Waals surface area contributed by atoms with Crippen LogP contribution in [0.4, 0.5) is 0 Å². The molecule has 0 aliphatic carbocycles. The maximum atomic E-state index is 11.7. The Morgan fingerprint density at radius 3 is 2.74 bits per heavy atom. The molecule has 2 nitrogen and oxygen atoms in total. The quantitative estimate of drug-likeness (QED) is 0.434. The van der Waals surface area contributed by atoms with E-state index in [4.69, 9.17) is 22.3 Å². The number of hydrogen-bond acceptors (Lipinski definition) is 2. The van der Waals surface area contributed by atoms with Gasteiger partial charge in [0.25, 0.3) is 5.91 Å². The Morgan fingerprint density at radius 1 is 1.53 bits per heavy atom. The highest BCUT2D eigenvalue weighted by Crippen LogP contribution is 2.23. The van der Waals surface area contributed by atoms with Gasteiger partial charge in [0.1, 0.15) is 0 Å². The number of allylic oxidation sites excluding steroid dienone is 1. The summed E-state index contributed by atoms with van der Waals surface area (Å²) in [6, 6.07) is 6.03. The minimum absolute atomic E-state index is 0.0495. The summed E-state index contributed by atoms with van der Waals surface area (Å²) >= 11 is 6.42. The van der Waals surface area contributed by atoms with Gasteiger partial charge in [0.15, 0.2) is 0 Å². The Balaban J connectivity index is 2.91. The number of aryl methyl sites for hydroxylation is 1. The Hall–Kier alpha value is -0.900. The topological polar surface area (TPSA) is 20.3 Å². The molecule has 0 spiro atoms. The minimum Gasteiger partial charge on any atom is -0.267 e. The Bertz CT molecular complexity index is 502. The average molecular weight is 316 g/mol. The van der Waals surface area contributed by atoms with Crippen molar-refractivity contribution in [1.29, 1.82) is 0 Å². The predicted octanol–water partition coefficient (Wildman–Crippen LogP) is 4.61. The third-order valence-electron chi connectivity index (χ3n) is 2.65. The van der Waals surface area contributed by atoms with Crippen LogP contribution in [0.5, 0.6) is 0 Å². The highest BCUT2D eigenvalue weighted by Gasteiger charge is 2.16. The van der Waals surface area contributed by atoms with E-state index in [2.05, 4.69) is 13.2 Å². The number of halogens is 2. The molecular weight excluding hydrogens is 301 g/mol. The summed E-state index contributed by atoms with van der Waals surface area (Å²) < 4.78 is 1.36. The number of amides is 1. The molecule has 0 aliphatic rings. The van der Waals surface area contributed by atoms with Crippen molar-refractivity contribution in [3.63, 3.8) is 0 Å². The van der Waals surface area contributed by atoms with Crippen LogP contribution in [-0.2, 0) is 17.8 Å². The zero-order valence-corrected chi connectivity index (χ0v) is 13.0. The largest absolute Gasteiger partial charge is 0.275 e. The van der Waals surface area contributed by atoms with E-state index < -0.39 is 0 Å². The number of rotatable bonds is 6. The van der Waals surface area contributed by atoms with Crippen molar-refractivity contribution in [2.45, 2.75) is 19.9 Å². The minimum atomic E-state index is -0.382. The lowest BCUT2D eigenvalue weighted by atomic mass is 10.0. The lowest BCUT2D eigenvalue weighted by Gasteiger charge is -2.18. The molecule has 0 saturated heterocycles. The van der Waals surface area contributed by atoms with Gasteiger partial charge in [-0.1, -0.05) is 42.5 Å². The van der Waals surface area contributed by atoms with Gasteiger partial charge in [0, 0.05) is 0 Å². The van der Waals surface area contributed by atoms with E-state index in [1.807, 2.05) is 31.2 Å². The average Bonchev–Trinajstić information content (AvgIpc) is 2.39. The van der Waals surface area contributed by atoms with E-state index in [1.165, 1.54) is 15.4 Å². The third kappa shape index (κ3) is 4.60. The van der Waals surface area contributed by atoms with Gasteiger partial charge >= 0.3 is 0 Å². The summed E-state index contributed by atoms with van der Waals surface area (Å²) in [5.41, 5.74) is 3.37. The molecule has 0 saturated carbocycles. The maximum absolute atomic E-state index is 11.7. The first kappa shape index (κ1) is 16.2. The molecular formula is C14H15Cl2NOS. The van der Waals surface area contributed by atoms with E-state index in [0.29, 0.717) is 6.54 Å². The number of carbonyl (C=O) groups excluding carboxylic acids is 1. The smallest absolute Gasteiger partial charge is 0.267 e. The first-order valence-electron chi connectivity index (χ1n) is 5.64. The molecule has 0 bridgehead atoms. The molecule has 0 aromatic heterocycles. The van der Waals surface area contributed by atoms with E-state index in [1.54, 1.807) is 0 Å². The van der Waals surface area contributed by atoms with E-state index >= 15 is 0 Å². The zero-order chi connectivity index (χ0) is 14.4. The van der Waals surface area contributed by atoms with Crippen LogP contribution in [-0.4, -0.2) is 10.2 Å². The standard InChI is InChI=1S/C14H15Cl2NOS/c1-4-5-13-8-12(7-6-10(13)2)9-17(19-16)14(18)11(3)15/h4,6-8H,1,3,5,9H2,2H3. The van der Waals surface area contributed by atoms with Gasteiger partial charge in [-0.3, -0.25) is 9.10 Å². The predicted molar refractivity (Wildman–Crippen MR) is 84.1 cm³/mol. The van der Waals surface area contributed by atoms with E-state index in [-0.39, 0.29) is 10.9 Å². The number of benzene rings is 1. The van der Waals surface area contributed by atoms with Crippen molar-refractivity contribution in [2.24, 2.45) is 0 Å². The Kier molecular flexibility index (Phi) is 6.49. The molecule has 0 radical (unpaired) electrons. The SMILES string of the molecule is C=CCc1cc(CN(SCl)C(=O)C(=C)Cl)ccc1C. The van der Waals surface area contributed by atoms with Crippen molar-refractivity contribution < 1.29 is 4.79 Å². The fourth-order valence-corrected chi connectivity index (χ4v) is 2.48. The van der Waals surface area contributed by atoms with Crippen LogP contribution < -0.4 is 0 Å². The normalized spacial score (nSPS) is 10.1. The molecule has 102 valence electrons. The van der Waals surface area contributed by atoms with Crippen molar-refractivity contribution in [1.82, 2.24) is 4.31 Å². The monoisotopic (exact) mass is 315 g/mol. The number of carbonyl (C=O) groups is 1. The Labute approximate surface area is 127 Å². The number of hydrogen-bond donors (Lipinski definition) is 0. The summed E-state index contributed by atoms with van der Waals surface area (Å²) in [7, 11) is 5.69. The second kappa shape index (κ2) is 7.63. The molecule has 0 heterocycles. The fraction of sp³-hybridized carbons (Fsp3) is 0.214. The van der Waals surface area contributed by atoms with Crippen molar-refractivity contribution in [2.75, 3.05) is 0 Å². The van der Waals surface area contributed by atoms with Crippen molar-refractivity contribution >= 4 is 39.4 Å². The first-order valence-corrected chi connectivity index (χ1v) is 7.61. The second-order valence-corrected chi connectivity index (χ2v) is 5.52. The Morgan fingerprint density at radius 2 is 2.21 bits per heavy atom. The molecule has 1 aromatic rings. The first-order chi connectivity index (χ1) is 8.99. The highest BCUT2D eigenvalue weighted by molar-refractivity contribution is 8.19. The van der Waals surface area contributed by atoms with Crippen LogP contribution in [0.15, 0.2) is 42.5 Å². The van der Waals surface area contributed by atoms with E-state index in [9.17, 15) is 4.79 Å². The van der Waals surface area contributed by atoms with Gasteiger partial charge in [0.2, 0.25) is 0 Å². The van der Waals surface area contributed by atoms with Gasteiger partial charge < -0.3 is 0 Å². The van der Waals surface area contributed by atoms with E-state index in [0.717, 1.165) is 23.1 Å². The lowest BCUT2D eigenvalue weighted by Crippen LogP contribution is -2.22. The maximum Gasteiger partial charge on any atom is 0.275 e. The molecule has 0 atom stereocenters. The summed E-state index contributed by atoms with van der Waals surface area (Å²) in [6.07, 6.45) is 2.65. The van der Waals surface area contributed by atoms with Crippen LogP contribution >= 0.6 is 33.4 Å². The van der Waals surface area contributed by atoms with Gasteiger partial charge in [-0.15, -0.1) is 6.58 Å². The summed E-state index contributed by atoms with van der Waals surface area (Å²) in [5, 5.41) is -0.0495.